The summed E-state index contributed by atoms with van der Waals surface area (Å²) in [6.07, 6.45) is 2.55. The second-order valence-electron chi connectivity index (χ2n) is 4.03. The fraction of sp³-hybridized carbons (Fsp3) is 0.500. The topological polar surface area (TPSA) is 12.0 Å². The molecular weight excluding hydrogens is 158 g/mol. The van der Waals surface area contributed by atoms with Crippen molar-refractivity contribution in [1.82, 2.24) is 5.32 Å². The maximum Gasteiger partial charge on any atom is 0.00416 e. The van der Waals surface area contributed by atoms with E-state index in [0.29, 0.717) is 6.04 Å². The number of hydrogen-bond donors (Lipinski definition) is 1. The molecule has 1 aromatic rings. The van der Waals surface area contributed by atoms with Gasteiger partial charge in [-0.05, 0) is 43.9 Å². The molecule has 0 bridgehead atoms. The predicted molar refractivity (Wildman–Crippen MR) is 56.0 cm³/mol. The van der Waals surface area contributed by atoms with E-state index in [2.05, 4.69) is 36.5 Å². The van der Waals surface area contributed by atoms with Crippen molar-refractivity contribution in [2.45, 2.75) is 31.7 Å². The summed E-state index contributed by atoms with van der Waals surface area (Å²) in [6.45, 7) is 2.25. The van der Waals surface area contributed by atoms with Crippen LogP contribution in [0.15, 0.2) is 24.3 Å². The van der Waals surface area contributed by atoms with Crippen LogP contribution < -0.4 is 5.32 Å². The van der Waals surface area contributed by atoms with Crippen molar-refractivity contribution in [3.05, 3.63) is 35.4 Å². The molecule has 13 heavy (non-hydrogen) atoms. The molecule has 1 aliphatic rings. The second kappa shape index (κ2) is 3.51. The summed E-state index contributed by atoms with van der Waals surface area (Å²) in [5, 5.41) is 3.29. The van der Waals surface area contributed by atoms with Gasteiger partial charge in [-0.1, -0.05) is 24.3 Å². The lowest BCUT2D eigenvalue weighted by molar-refractivity contribution is 0.463. The van der Waals surface area contributed by atoms with Crippen LogP contribution in [0, 0.1) is 0 Å². The van der Waals surface area contributed by atoms with Crippen molar-refractivity contribution in [3.63, 3.8) is 0 Å². The first-order valence-electron chi connectivity index (χ1n) is 5.06. The van der Waals surface area contributed by atoms with E-state index in [1.165, 1.54) is 12.8 Å². The van der Waals surface area contributed by atoms with E-state index in [0.717, 1.165) is 5.92 Å². The third-order valence-corrected chi connectivity index (χ3v) is 3.09. The van der Waals surface area contributed by atoms with Gasteiger partial charge in [-0.3, -0.25) is 0 Å². The van der Waals surface area contributed by atoms with Gasteiger partial charge in [0.2, 0.25) is 0 Å². The molecule has 0 saturated carbocycles. The van der Waals surface area contributed by atoms with E-state index in [4.69, 9.17) is 0 Å². The molecule has 2 unspecified atom stereocenters. The molecule has 1 aliphatic carbocycles. The molecule has 0 amide bonds. The third kappa shape index (κ3) is 1.61. The number of benzene rings is 1. The molecule has 0 saturated heterocycles. The highest BCUT2D eigenvalue weighted by Gasteiger charge is 2.25. The molecule has 0 radical (unpaired) electrons. The van der Waals surface area contributed by atoms with Crippen LogP contribution in [0.1, 0.15) is 30.4 Å². The van der Waals surface area contributed by atoms with Crippen LogP contribution in [0.2, 0.25) is 0 Å². The Kier molecular flexibility index (Phi) is 2.36. The minimum atomic E-state index is 0.637. The lowest BCUT2D eigenvalue weighted by Crippen LogP contribution is -2.28. The molecule has 1 heteroatoms. The number of nitrogens with one attached hydrogen (secondary N) is 1. The summed E-state index contributed by atoms with van der Waals surface area (Å²) in [7, 11) is 2.04. The first-order valence-corrected chi connectivity index (χ1v) is 5.06. The van der Waals surface area contributed by atoms with E-state index >= 15 is 0 Å². The summed E-state index contributed by atoms with van der Waals surface area (Å²) in [5.41, 5.74) is 3.13. The molecule has 0 fully saturated rings. The van der Waals surface area contributed by atoms with Crippen LogP contribution >= 0.6 is 0 Å². The molecule has 1 N–H and O–H groups in total. The van der Waals surface area contributed by atoms with Gasteiger partial charge < -0.3 is 5.32 Å². The highest BCUT2D eigenvalue weighted by Crippen LogP contribution is 2.37. The fourth-order valence-electron chi connectivity index (χ4n) is 2.12. The lowest BCUT2D eigenvalue weighted by atomic mass is 9.75. The SMILES string of the molecule is CNC(C)CC1Cc2ccccc21. The second-order valence-corrected chi connectivity index (χ2v) is 4.03. The Balaban J connectivity index is 2.01. The average Bonchev–Trinajstić information content (AvgIpc) is 2.14. The van der Waals surface area contributed by atoms with Gasteiger partial charge in [0.15, 0.2) is 0 Å². The van der Waals surface area contributed by atoms with Gasteiger partial charge in [0.05, 0.1) is 0 Å². The normalized spacial score (nSPS) is 21.8. The Bertz CT molecular complexity index is 293. The predicted octanol–water partition coefficient (Wildman–Crippen LogP) is 2.32. The Labute approximate surface area is 80.2 Å². The smallest absolute Gasteiger partial charge is 0.00416 e. The van der Waals surface area contributed by atoms with Gasteiger partial charge in [-0.2, -0.15) is 0 Å². The highest BCUT2D eigenvalue weighted by molar-refractivity contribution is 5.39. The van der Waals surface area contributed by atoms with Crippen LogP contribution in [-0.2, 0) is 6.42 Å². The molecule has 2 rings (SSSR count). The van der Waals surface area contributed by atoms with E-state index < -0.39 is 0 Å². The fourth-order valence-corrected chi connectivity index (χ4v) is 2.12. The largest absolute Gasteiger partial charge is 0.317 e. The quantitative estimate of drug-likeness (QED) is 0.743. The van der Waals surface area contributed by atoms with Crippen molar-refractivity contribution in [1.29, 1.82) is 0 Å². The molecule has 0 spiro atoms. The zero-order valence-electron chi connectivity index (χ0n) is 8.38. The maximum absolute atomic E-state index is 3.29. The van der Waals surface area contributed by atoms with Crippen LogP contribution in [0.5, 0.6) is 0 Å². The molecule has 2 atom stereocenters. The standard InChI is InChI=1S/C12H17N/c1-9(13-2)7-11-8-10-5-3-4-6-12(10)11/h3-6,9,11,13H,7-8H2,1-2H3. The van der Waals surface area contributed by atoms with Gasteiger partial charge >= 0.3 is 0 Å². The van der Waals surface area contributed by atoms with Crippen molar-refractivity contribution < 1.29 is 0 Å². The molecule has 0 aliphatic heterocycles. The van der Waals surface area contributed by atoms with Gasteiger partial charge in [-0.15, -0.1) is 0 Å². The third-order valence-electron chi connectivity index (χ3n) is 3.09. The van der Waals surface area contributed by atoms with Gasteiger partial charge in [0.1, 0.15) is 0 Å². The first kappa shape index (κ1) is 8.76. The highest BCUT2D eigenvalue weighted by atomic mass is 14.8. The summed E-state index contributed by atoms with van der Waals surface area (Å²) in [6, 6.07) is 9.44. The van der Waals surface area contributed by atoms with Crippen LogP contribution in [0.25, 0.3) is 0 Å². The van der Waals surface area contributed by atoms with E-state index in [1.807, 2.05) is 7.05 Å². The first-order chi connectivity index (χ1) is 6.31. The number of rotatable bonds is 3. The van der Waals surface area contributed by atoms with Crippen LogP contribution in [0.3, 0.4) is 0 Å². The minimum absolute atomic E-state index is 0.637. The molecule has 1 aromatic carbocycles. The Hall–Kier alpha value is -0.820. The van der Waals surface area contributed by atoms with Crippen LogP contribution in [0.4, 0.5) is 0 Å². The van der Waals surface area contributed by atoms with Gasteiger partial charge in [0.25, 0.3) is 0 Å². The summed E-state index contributed by atoms with van der Waals surface area (Å²) >= 11 is 0. The molecule has 0 heterocycles. The zero-order chi connectivity index (χ0) is 9.26. The Morgan fingerprint density at radius 3 is 2.92 bits per heavy atom. The van der Waals surface area contributed by atoms with E-state index in [1.54, 1.807) is 11.1 Å². The Morgan fingerprint density at radius 1 is 1.46 bits per heavy atom. The molecule has 1 nitrogen and oxygen atoms in total. The number of hydrogen-bond acceptors (Lipinski definition) is 1. The molecular formula is C12H17N. The van der Waals surface area contributed by atoms with E-state index in [-0.39, 0.29) is 0 Å². The maximum atomic E-state index is 3.29. The number of fused-ring (bicyclic) bond motifs is 1. The molecule has 0 aromatic heterocycles. The van der Waals surface area contributed by atoms with Crippen molar-refractivity contribution in [2.24, 2.45) is 0 Å². The van der Waals surface area contributed by atoms with Gasteiger partial charge in [-0.25, -0.2) is 0 Å². The van der Waals surface area contributed by atoms with Crippen molar-refractivity contribution in [3.8, 4) is 0 Å². The zero-order valence-corrected chi connectivity index (χ0v) is 8.38. The van der Waals surface area contributed by atoms with Gasteiger partial charge in [0, 0.05) is 6.04 Å². The summed E-state index contributed by atoms with van der Waals surface area (Å²) in [5.74, 6) is 0.804. The van der Waals surface area contributed by atoms with Crippen LogP contribution in [-0.4, -0.2) is 13.1 Å². The Morgan fingerprint density at radius 2 is 2.23 bits per heavy atom. The monoisotopic (exact) mass is 175 g/mol. The molecule has 70 valence electrons. The minimum Gasteiger partial charge on any atom is -0.317 e. The lowest BCUT2D eigenvalue weighted by Gasteiger charge is -2.32. The average molecular weight is 175 g/mol. The summed E-state index contributed by atoms with van der Waals surface area (Å²) < 4.78 is 0. The summed E-state index contributed by atoms with van der Waals surface area (Å²) in [4.78, 5) is 0. The van der Waals surface area contributed by atoms with Crippen molar-refractivity contribution >= 4 is 0 Å². The van der Waals surface area contributed by atoms with E-state index in [9.17, 15) is 0 Å². The van der Waals surface area contributed by atoms with Crippen molar-refractivity contribution in [2.75, 3.05) is 7.05 Å².